The van der Waals surface area contributed by atoms with E-state index in [0.717, 1.165) is 31.1 Å². The molecule has 2 rings (SSSR count). The Balaban J connectivity index is 1.89. The summed E-state index contributed by atoms with van der Waals surface area (Å²) < 4.78 is 5.27. The summed E-state index contributed by atoms with van der Waals surface area (Å²) in [6, 6.07) is 0. The number of carbonyl (C=O) groups excluding carboxylic acids is 1. The van der Waals surface area contributed by atoms with Crippen LogP contribution < -0.4 is 0 Å². The van der Waals surface area contributed by atoms with Crippen molar-refractivity contribution in [3.8, 4) is 0 Å². The van der Waals surface area contributed by atoms with Crippen molar-refractivity contribution in [1.82, 2.24) is 0 Å². The van der Waals surface area contributed by atoms with Gasteiger partial charge in [-0.15, -0.1) is 0 Å². The Morgan fingerprint density at radius 3 is 2.47 bits per heavy atom. The smallest absolute Gasteiger partial charge is 0.161 e. The van der Waals surface area contributed by atoms with Gasteiger partial charge >= 0.3 is 0 Å². The van der Waals surface area contributed by atoms with E-state index >= 15 is 0 Å². The molecule has 0 saturated heterocycles. The van der Waals surface area contributed by atoms with Crippen molar-refractivity contribution in [3.05, 3.63) is 0 Å². The van der Waals surface area contributed by atoms with Gasteiger partial charge in [0.2, 0.25) is 0 Å². The van der Waals surface area contributed by atoms with Crippen molar-refractivity contribution < 1.29 is 9.53 Å². The second-order valence-electron chi connectivity index (χ2n) is 5.12. The van der Waals surface area contributed by atoms with Gasteiger partial charge in [0, 0.05) is 13.5 Å². The molecule has 0 amide bonds. The maximum atomic E-state index is 11.5. The summed E-state index contributed by atoms with van der Waals surface area (Å²) in [5.74, 6) is 1.96. The van der Waals surface area contributed by atoms with Crippen LogP contribution in [0, 0.1) is 11.8 Å². The quantitative estimate of drug-likeness (QED) is 0.700. The van der Waals surface area contributed by atoms with Crippen molar-refractivity contribution >= 4 is 5.78 Å². The zero-order valence-corrected chi connectivity index (χ0v) is 9.71. The normalized spacial score (nSPS) is 34.3. The summed E-state index contributed by atoms with van der Waals surface area (Å²) in [5, 5.41) is 0. The van der Waals surface area contributed by atoms with Gasteiger partial charge in [-0.1, -0.05) is 32.1 Å². The molecule has 0 aromatic rings. The number of Topliss-reactive ketones (excluding diaryl/α,β-unsaturated/α-hetero) is 1. The molecular weight excluding hydrogens is 188 g/mol. The van der Waals surface area contributed by atoms with Gasteiger partial charge in [0.25, 0.3) is 0 Å². The zero-order valence-electron chi connectivity index (χ0n) is 9.71. The first-order valence-corrected chi connectivity index (χ1v) is 6.36. The summed E-state index contributed by atoms with van der Waals surface area (Å²) in [6.07, 6.45) is 9.73. The average molecular weight is 210 g/mol. The van der Waals surface area contributed by atoms with Crippen LogP contribution in [0.3, 0.4) is 0 Å². The van der Waals surface area contributed by atoms with E-state index in [1.165, 1.54) is 32.1 Å². The van der Waals surface area contributed by atoms with E-state index < -0.39 is 0 Å². The fraction of sp³-hybridized carbons (Fsp3) is 0.923. The lowest BCUT2D eigenvalue weighted by Crippen LogP contribution is -2.34. The van der Waals surface area contributed by atoms with Crippen molar-refractivity contribution in [2.45, 2.75) is 57.5 Å². The molecule has 2 aliphatic carbocycles. The molecule has 0 heterocycles. The van der Waals surface area contributed by atoms with E-state index in [9.17, 15) is 4.79 Å². The maximum absolute atomic E-state index is 11.5. The molecule has 0 spiro atoms. The molecule has 2 unspecified atom stereocenters. The van der Waals surface area contributed by atoms with Gasteiger partial charge in [-0.25, -0.2) is 0 Å². The molecule has 86 valence electrons. The van der Waals surface area contributed by atoms with Gasteiger partial charge in [0.1, 0.15) is 6.10 Å². The number of hydrogen-bond donors (Lipinski definition) is 0. The second-order valence-corrected chi connectivity index (χ2v) is 5.12. The van der Waals surface area contributed by atoms with Crippen LogP contribution in [0.5, 0.6) is 0 Å². The molecule has 0 radical (unpaired) electrons. The highest BCUT2D eigenvalue weighted by molar-refractivity contribution is 5.83. The number of rotatable bonds is 2. The number of ketones is 1. The Morgan fingerprint density at radius 1 is 1.07 bits per heavy atom. The van der Waals surface area contributed by atoms with Crippen LogP contribution >= 0.6 is 0 Å². The molecular formula is C13H22O2. The largest absolute Gasteiger partial charge is 0.374 e. The Kier molecular flexibility index (Phi) is 3.79. The Morgan fingerprint density at radius 2 is 1.80 bits per heavy atom. The topological polar surface area (TPSA) is 26.3 Å². The van der Waals surface area contributed by atoms with E-state index in [0.29, 0.717) is 5.78 Å². The molecule has 0 aromatic carbocycles. The highest BCUT2D eigenvalue weighted by Gasteiger charge is 2.33. The van der Waals surface area contributed by atoms with Crippen LogP contribution in [0.25, 0.3) is 0 Å². The van der Waals surface area contributed by atoms with Crippen molar-refractivity contribution in [1.29, 1.82) is 0 Å². The molecule has 15 heavy (non-hydrogen) atoms. The highest BCUT2D eigenvalue weighted by Crippen LogP contribution is 2.37. The predicted octanol–water partition coefficient (Wildman–Crippen LogP) is 2.95. The first-order chi connectivity index (χ1) is 7.31. The Bertz CT molecular complexity index is 219. The third-order valence-corrected chi connectivity index (χ3v) is 4.24. The molecule has 0 aromatic heterocycles. The molecule has 2 nitrogen and oxygen atoms in total. The van der Waals surface area contributed by atoms with Gasteiger partial charge in [0.15, 0.2) is 5.78 Å². The lowest BCUT2D eigenvalue weighted by molar-refractivity contribution is -0.133. The molecule has 2 fully saturated rings. The molecule has 2 saturated carbocycles. The minimum atomic E-state index is -0.0920. The van der Waals surface area contributed by atoms with Crippen LogP contribution in [0.15, 0.2) is 0 Å². The summed E-state index contributed by atoms with van der Waals surface area (Å²) >= 11 is 0. The SMILES string of the molecule is COC1CC(C2CCCCC2)CCC1=O. The van der Waals surface area contributed by atoms with Gasteiger partial charge in [-0.3, -0.25) is 4.79 Å². The van der Waals surface area contributed by atoms with Crippen molar-refractivity contribution in [2.24, 2.45) is 11.8 Å². The number of carbonyl (C=O) groups is 1. The van der Waals surface area contributed by atoms with E-state index in [1.807, 2.05) is 0 Å². The average Bonchev–Trinajstić information content (AvgIpc) is 2.31. The zero-order chi connectivity index (χ0) is 10.7. The minimum absolute atomic E-state index is 0.0920. The van der Waals surface area contributed by atoms with E-state index in [2.05, 4.69) is 0 Å². The molecule has 2 heteroatoms. The van der Waals surface area contributed by atoms with Gasteiger partial charge in [0.05, 0.1) is 0 Å². The van der Waals surface area contributed by atoms with Crippen LogP contribution in [-0.4, -0.2) is 19.0 Å². The maximum Gasteiger partial charge on any atom is 0.161 e. The summed E-state index contributed by atoms with van der Waals surface area (Å²) in [5.41, 5.74) is 0. The molecule has 0 bridgehead atoms. The fourth-order valence-electron chi connectivity index (χ4n) is 3.27. The van der Waals surface area contributed by atoms with E-state index in [4.69, 9.17) is 4.74 Å². The van der Waals surface area contributed by atoms with E-state index in [-0.39, 0.29) is 6.10 Å². The van der Waals surface area contributed by atoms with Crippen LogP contribution in [0.1, 0.15) is 51.4 Å². The number of ether oxygens (including phenoxy) is 1. The molecule has 2 aliphatic rings. The monoisotopic (exact) mass is 210 g/mol. The summed E-state index contributed by atoms with van der Waals surface area (Å²) in [7, 11) is 1.67. The fourth-order valence-corrected chi connectivity index (χ4v) is 3.27. The lowest BCUT2D eigenvalue weighted by atomic mass is 9.72. The molecule has 2 atom stereocenters. The third kappa shape index (κ3) is 2.60. The van der Waals surface area contributed by atoms with Crippen LogP contribution in [0.2, 0.25) is 0 Å². The van der Waals surface area contributed by atoms with Crippen molar-refractivity contribution in [3.63, 3.8) is 0 Å². The predicted molar refractivity (Wildman–Crippen MR) is 59.7 cm³/mol. The second kappa shape index (κ2) is 5.11. The van der Waals surface area contributed by atoms with Gasteiger partial charge in [-0.2, -0.15) is 0 Å². The Labute approximate surface area is 92.4 Å². The summed E-state index contributed by atoms with van der Waals surface area (Å²) in [6.45, 7) is 0. The minimum Gasteiger partial charge on any atom is -0.374 e. The van der Waals surface area contributed by atoms with Gasteiger partial charge < -0.3 is 4.74 Å². The van der Waals surface area contributed by atoms with Crippen molar-refractivity contribution in [2.75, 3.05) is 7.11 Å². The first-order valence-electron chi connectivity index (χ1n) is 6.36. The first kappa shape index (κ1) is 11.1. The lowest BCUT2D eigenvalue weighted by Gasteiger charge is -2.35. The summed E-state index contributed by atoms with van der Waals surface area (Å²) in [4.78, 5) is 11.5. The van der Waals surface area contributed by atoms with Crippen LogP contribution in [-0.2, 0) is 9.53 Å². The van der Waals surface area contributed by atoms with E-state index in [1.54, 1.807) is 7.11 Å². The van der Waals surface area contributed by atoms with Crippen LogP contribution in [0.4, 0.5) is 0 Å². The van der Waals surface area contributed by atoms with Gasteiger partial charge in [-0.05, 0) is 24.7 Å². The number of hydrogen-bond acceptors (Lipinski definition) is 2. The molecule has 0 N–H and O–H groups in total. The Hall–Kier alpha value is -0.370. The molecule has 0 aliphatic heterocycles. The number of methoxy groups -OCH3 is 1. The third-order valence-electron chi connectivity index (χ3n) is 4.24. The standard InChI is InChI=1S/C13H22O2/c1-15-13-9-11(7-8-12(13)14)10-5-3-2-4-6-10/h10-11,13H,2-9H2,1H3. The highest BCUT2D eigenvalue weighted by atomic mass is 16.5.